The molecule has 0 fully saturated rings. The van der Waals surface area contributed by atoms with Crippen molar-refractivity contribution in [1.82, 2.24) is 5.32 Å². The number of guanidine groups is 1. The van der Waals surface area contributed by atoms with Crippen LogP contribution < -0.4 is 11.1 Å². The lowest BCUT2D eigenvalue weighted by Gasteiger charge is -2.20. The molecule has 0 saturated carbocycles. The number of aryl methyl sites for hydroxylation is 1. The summed E-state index contributed by atoms with van der Waals surface area (Å²) in [5, 5.41) is 3.14. The van der Waals surface area contributed by atoms with Crippen LogP contribution in [-0.4, -0.2) is 18.0 Å². The zero-order valence-electron chi connectivity index (χ0n) is 11.2. The van der Waals surface area contributed by atoms with E-state index in [4.69, 9.17) is 5.73 Å². The summed E-state index contributed by atoms with van der Waals surface area (Å²) in [6.07, 6.45) is 0.923. The van der Waals surface area contributed by atoms with Crippen LogP contribution in [0.2, 0.25) is 0 Å². The molecule has 0 aromatic heterocycles. The molecule has 3 heteroatoms. The molecule has 0 amide bonds. The van der Waals surface area contributed by atoms with Gasteiger partial charge in [-0.3, -0.25) is 4.99 Å². The molecule has 17 heavy (non-hydrogen) atoms. The van der Waals surface area contributed by atoms with Crippen molar-refractivity contribution in [1.29, 1.82) is 0 Å². The summed E-state index contributed by atoms with van der Waals surface area (Å²) < 4.78 is 0. The minimum Gasteiger partial charge on any atom is -0.370 e. The number of hydrogen-bond donors (Lipinski definition) is 2. The fourth-order valence-electron chi connectivity index (χ4n) is 1.48. The molecule has 0 heterocycles. The number of rotatable bonds is 3. The summed E-state index contributed by atoms with van der Waals surface area (Å²) in [5.41, 5.74) is 8.33. The van der Waals surface area contributed by atoms with Gasteiger partial charge in [-0.05, 0) is 39.7 Å². The first-order valence-corrected chi connectivity index (χ1v) is 6.00. The Balaban J connectivity index is 2.41. The molecule has 0 unspecified atom stereocenters. The minimum absolute atomic E-state index is 0.0303. The first-order valence-electron chi connectivity index (χ1n) is 6.00. The molecule has 3 N–H and O–H groups in total. The number of nitrogens with one attached hydrogen (secondary N) is 1. The van der Waals surface area contributed by atoms with Crippen LogP contribution in [0.1, 0.15) is 31.9 Å². The summed E-state index contributed by atoms with van der Waals surface area (Å²) >= 11 is 0. The van der Waals surface area contributed by atoms with Crippen molar-refractivity contribution >= 4 is 5.96 Å². The smallest absolute Gasteiger partial charge is 0.188 e. The zero-order chi connectivity index (χ0) is 12.9. The monoisotopic (exact) mass is 233 g/mol. The van der Waals surface area contributed by atoms with Gasteiger partial charge in [0.25, 0.3) is 0 Å². The summed E-state index contributed by atoms with van der Waals surface area (Å²) in [7, 11) is 0. The highest BCUT2D eigenvalue weighted by molar-refractivity contribution is 5.78. The summed E-state index contributed by atoms with van der Waals surface area (Å²) in [5.74, 6) is 0.518. The van der Waals surface area contributed by atoms with Gasteiger partial charge in [0.2, 0.25) is 0 Å². The Morgan fingerprint density at radius 3 is 2.35 bits per heavy atom. The van der Waals surface area contributed by atoms with Gasteiger partial charge in [-0.1, -0.05) is 29.8 Å². The maximum Gasteiger partial charge on any atom is 0.188 e. The van der Waals surface area contributed by atoms with E-state index in [1.54, 1.807) is 0 Å². The second-order valence-corrected chi connectivity index (χ2v) is 5.38. The predicted molar refractivity (Wildman–Crippen MR) is 74.3 cm³/mol. The van der Waals surface area contributed by atoms with E-state index < -0.39 is 0 Å². The van der Waals surface area contributed by atoms with E-state index in [1.807, 2.05) is 0 Å². The van der Waals surface area contributed by atoms with Crippen molar-refractivity contribution in [2.75, 3.05) is 6.54 Å². The standard InChI is InChI=1S/C14H23N3/c1-11-5-7-12(8-6-11)9-10-16-13(15)17-14(2,3)4/h5-8H,9-10H2,1-4H3,(H3,15,16,17). The highest BCUT2D eigenvalue weighted by atomic mass is 15.1. The van der Waals surface area contributed by atoms with Gasteiger partial charge in [-0.2, -0.15) is 0 Å². The van der Waals surface area contributed by atoms with Gasteiger partial charge in [-0.15, -0.1) is 0 Å². The van der Waals surface area contributed by atoms with Crippen LogP contribution in [-0.2, 0) is 6.42 Å². The molecule has 1 aromatic rings. The minimum atomic E-state index is -0.0303. The van der Waals surface area contributed by atoms with Gasteiger partial charge in [0.1, 0.15) is 0 Å². The van der Waals surface area contributed by atoms with Crippen molar-refractivity contribution < 1.29 is 0 Å². The Morgan fingerprint density at radius 1 is 1.24 bits per heavy atom. The van der Waals surface area contributed by atoms with Crippen molar-refractivity contribution in [3.05, 3.63) is 35.4 Å². The SMILES string of the molecule is Cc1ccc(CCN=C(N)NC(C)(C)C)cc1. The highest BCUT2D eigenvalue weighted by Crippen LogP contribution is 2.04. The molecule has 0 spiro atoms. The molecule has 0 saturated heterocycles. The molecule has 1 aromatic carbocycles. The Hall–Kier alpha value is -1.51. The molecular weight excluding hydrogens is 210 g/mol. The molecule has 0 aliphatic carbocycles. The van der Waals surface area contributed by atoms with Gasteiger partial charge >= 0.3 is 0 Å². The summed E-state index contributed by atoms with van der Waals surface area (Å²) in [6.45, 7) is 9.01. The first kappa shape index (κ1) is 13.6. The van der Waals surface area contributed by atoms with Gasteiger partial charge in [0.05, 0.1) is 0 Å². The Kier molecular flexibility index (Phi) is 4.55. The lowest BCUT2D eigenvalue weighted by molar-refractivity contribution is 0.508. The largest absolute Gasteiger partial charge is 0.370 e. The van der Waals surface area contributed by atoms with Crippen LogP contribution in [0.25, 0.3) is 0 Å². The number of hydrogen-bond acceptors (Lipinski definition) is 1. The number of aliphatic imine (C=N–C) groups is 1. The van der Waals surface area contributed by atoms with Crippen LogP contribution in [0.3, 0.4) is 0 Å². The fourth-order valence-corrected chi connectivity index (χ4v) is 1.48. The molecule has 94 valence electrons. The van der Waals surface area contributed by atoms with Gasteiger partial charge in [0.15, 0.2) is 5.96 Å². The average Bonchev–Trinajstić information content (AvgIpc) is 2.18. The maximum absolute atomic E-state index is 5.79. The van der Waals surface area contributed by atoms with Gasteiger partial charge < -0.3 is 11.1 Å². The number of nitrogens with zero attached hydrogens (tertiary/aromatic N) is 1. The Labute approximate surface area is 104 Å². The lowest BCUT2D eigenvalue weighted by Crippen LogP contribution is -2.45. The van der Waals surface area contributed by atoms with Crippen LogP contribution in [0.4, 0.5) is 0 Å². The van der Waals surface area contributed by atoms with Crippen LogP contribution in [0.5, 0.6) is 0 Å². The van der Waals surface area contributed by atoms with E-state index in [-0.39, 0.29) is 5.54 Å². The Morgan fingerprint density at radius 2 is 1.82 bits per heavy atom. The second kappa shape index (κ2) is 5.71. The van der Waals surface area contributed by atoms with Crippen LogP contribution in [0, 0.1) is 6.92 Å². The first-order chi connectivity index (χ1) is 7.87. The van der Waals surface area contributed by atoms with Crippen molar-refractivity contribution in [3.63, 3.8) is 0 Å². The normalized spacial score (nSPS) is 12.6. The molecule has 3 nitrogen and oxygen atoms in total. The third-order valence-electron chi connectivity index (χ3n) is 2.31. The molecule has 0 radical (unpaired) electrons. The molecule has 0 bridgehead atoms. The number of nitrogens with two attached hydrogens (primary N) is 1. The van der Waals surface area contributed by atoms with E-state index in [2.05, 4.69) is 62.3 Å². The molecule has 0 aliphatic heterocycles. The van der Waals surface area contributed by atoms with Crippen molar-refractivity contribution in [2.24, 2.45) is 10.7 Å². The van der Waals surface area contributed by atoms with Gasteiger partial charge in [-0.25, -0.2) is 0 Å². The number of benzene rings is 1. The molecular formula is C14H23N3. The fraction of sp³-hybridized carbons (Fsp3) is 0.500. The van der Waals surface area contributed by atoms with E-state index >= 15 is 0 Å². The average molecular weight is 233 g/mol. The quantitative estimate of drug-likeness (QED) is 0.621. The predicted octanol–water partition coefficient (Wildman–Crippen LogP) is 2.24. The lowest BCUT2D eigenvalue weighted by atomic mass is 10.1. The topological polar surface area (TPSA) is 50.4 Å². The van der Waals surface area contributed by atoms with Crippen molar-refractivity contribution in [2.45, 2.75) is 39.7 Å². The maximum atomic E-state index is 5.79. The molecule has 0 atom stereocenters. The van der Waals surface area contributed by atoms with E-state index in [9.17, 15) is 0 Å². The summed E-state index contributed by atoms with van der Waals surface area (Å²) in [6, 6.07) is 8.52. The van der Waals surface area contributed by atoms with Crippen LogP contribution >= 0.6 is 0 Å². The molecule has 1 rings (SSSR count). The third kappa shape index (κ3) is 5.95. The highest BCUT2D eigenvalue weighted by Gasteiger charge is 2.09. The summed E-state index contributed by atoms with van der Waals surface area (Å²) in [4.78, 5) is 4.31. The second-order valence-electron chi connectivity index (χ2n) is 5.38. The van der Waals surface area contributed by atoms with Gasteiger partial charge in [0, 0.05) is 12.1 Å². The Bertz CT molecular complexity index is 371. The molecule has 0 aliphatic rings. The van der Waals surface area contributed by atoms with E-state index in [0.29, 0.717) is 5.96 Å². The van der Waals surface area contributed by atoms with E-state index in [0.717, 1.165) is 13.0 Å². The third-order valence-corrected chi connectivity index (χ3v) is 2.31. The van der Waals surface area contributed by atoms with E-state index in [1.165, 1.54) is 11.1 Å². The zero-order valence-corrected chi connectivity index (χ0v) is 11.2. The van der Waals surface area contributed by atoms with Crippen molar-refractivity contribution in [3.8, 4) is 0 Å². The van der Waals surface area contributed by atoms with Crippen LogP contribution in [0.15, 0.2) is 29.3 Å².